The van der Waals surface area contributed by atoms with Gasteiger partial charge in [0.25, 0.3) is 0 Å². The van der Waals surface area contributed by atoms with Gasteiger partial charge in [-0.25, -0.2) is 0 Å². The number of nitro groups is 2. The smallest absolute Gasteiger partial charge is 0.306 e. The second-order valence-electron chi connectivity index (χ2n) is 5.80. The predicted molar refractivity (Wildman–Crippen MR) is 97.2 cm³/mol. The van der Waals surface area contributed by atoms with Crippen molar-refractivity contribution in [2.75, 3.05) is 10.6 Å². The molecule has 0 radical (unpaired) electrons. The maximum Gasteiger partial charge on any atom is 0.306 e. The van der Waals surface area contributed by atoms with Gasteiger partial charge in [-0.1, -0.05) is 0 Å². The van der Waals surface area contributed by atoms with Crippen LogP contribution in [0.5, 0.6) is 0 Å². The lowest BCUT2D eigenvalue weighted by molar-refractivity contribution is -0.387. The van der Waals surface area contributed by atoms with E-state index in [1.54, 1.807) is 0 Å². The van der Waals surface area contributed by atoms with Gasteiger partial charge < -0.3 is 10.6 Å². The molecule has 2 rings (SSSR count). The number of anilines is 2. The summed E-state index contributed by atoms with van der Waals surface area (Å²) in [5.41, 5.74) is -1.50. The number of carbonyl (C=O) groups excluding carboxylic acids is 2. The van der Waals surface area contributed by atoms with Crippen LogP contribution < -0.4 is 10.6 Å². The molecule has 0 aliphatic heterocycles. The van der Waals surface area contributed by atoms with E-state index in [1.807, 2.05) is 0 Å². The fourth-order valence-corrected chi connectivity index (χ4v) is 2.32. The van der Waals surface area contributed by atoms with Crippen LogP contribution >= 0.6 is 0 Å². The Morgan fingerprint density at radius 2 is 1.17 bits per heavy atom. The number of benzene rings is 2. The molecular weight excluding hydrogens is 394 g/mol. The molecule has 2 aromatic carbocycles. The number of hydrogen-bond acceptors (Lipinski definition) is 6. The molecule has 0 saturated heterocycles. The third-order valence-electron chi connectivity index (χ3n) is 3.66. The van der Waals surface area contributed by atoms with Crippen molar-refractivity contribution in [1.29, 1.82) is 0 Å². The first kappa shape index (κ1) is 21.3. The van der Waals surface area contributed by atoms with E-state index in [2.05, 4.69) is 10.6 Å². The van der Waals surface area contributed by atoms with Gasteiger partial charge in [0, 0.05) is 36.3 Å². The van der Waals surface area contributed by atoms with Crippen molar-refractivity contribution in [1.82, 2.24) is 0 Å². The molecule has 0 atom stereocenters. The van der Waals surface area contributed by atoms with E-state index in [0.29, 0.717) is 0 Å². The average Bonchev–Trinajstić information content (AvgIpc) is 2.64. The first-order valence-electron chi connectivity index (χ1n) is 8.15. The van der Waals surface area contributed by atoms with Crippen LogP contribution in [0.1, 0.15) is 19.3 Å². The Morgan fingerprint density at radius 3 is 1.52 bits per heavy atom. The summed E-state index contributed by atoms with van der Waals surface area (Å²) in [6.45, 7) is 0. The number of nitrogens with zero attached hydrogens (tertiary/aromatic N) is 2. The molecule has 29 heavy (non-hydrogen) atoms. The molecule has 0 fully saturated rings. The van der Waals surface area contributed by atoms with Gasteiger partial charge in [0.15, 0.2) is 0 Å². The molecule has 152 valence electrons. The molecule has 2 amide bonds. The highest BCUT2D eigenvalue weighted by Gasteiger charge is 2.17. The number of amides is 2. The lowest BCUT2D eigenvalue weighted by atomic mass is 10.2. The van der Waals surface area contributed by atoms with Gasteiger partial charge in [-0.05, 0) is 30.7 Å². The Balaban J connectivity index is 1.84. The largest absolute Gasteiger partial charge is 0.326 e. The lowest BCUT2D eigenvalue weighted by Crippen LogP contribution is -2.15. The number of hydrogen-bond donors (Lipinski definition) is 2. The molecule has 0 aliphatic carbocycles. The summed E-state index contributed by atoms with van der Waals surface area (Å²) in [4.78, 5) is 43.2. The molecule has 0 bridgehead atoms. The highest BCUT2D eigenvalue weighted by Crippen LogP contribution is 2.23. The van der Waals surface area contributed by atoms with E-state index in [9.17, 15) is 38.6 Å². The lowest BCUT2D eigenvalue weighted by Gasteiger charge is -2.07. The molecule has 0 aromatic heterocycles. The van der Waals surface area contributed by atoms with Gasteiger partial charge in [0.1, 0.15) is 0 Å². The fraction of sp³-hybridized carbons (Fsp3) is 0.176. The minimum absolute atomic E-state index is 0.0335. The normalized spacial score (nSPS) is 10.3. The minimum Gasteiger partial charge on any atom is -0.326 e. The molecule has 0 heterocycles. The molecule has 12 heteroatoms. The monoisotopic (exact) mass is 408 g/mol. The highest BCUT2D eigenvalue weighted by atomic mass is 19.1. The number of rotatable bonds is 8. The molecule has 2 aromatic rings. The maximum atomic E-state index is 13.3. The molecular formula is C17H14F2N4O6. The van der Waals surface area contributed by atoms with Crippen molar-refractivity contribution in [3.8, 4) is 0 Å². The van der Waals surface area contributed by atoms with Gasteiger partial charge in [0.05, 0.1) is 9.85 Å². The number of halogens is 2. The van der Waals surface area contributed by atoms with Crippen LogP contribution in [0.15, 0.2) is 36.4 Å². The Hall–Kier alpha value is -3.96. The van der Waals surface area contributed by atoms with Crippen LogP contribution in [-0.4, -0.2) is 21.7 Å². The van der Waals surface area contributed by atoms with E-state index in [1.165, 1.54) is 0 Å². The number of nitro benzene ring substituents is 2. The quantitative estimate of drug-likeness (QED) is 0.505. The average molecular weight is 408 g/mol. The summed E-state index contributed by atoms with van der Waals surface area (Å²) in [5.74, 6) is -3.16. The second-order valence-corrected chi connectivity index (χ2v) is 5.80. The predicted octanol–water partition coefficient (Wildman–Crippen LogP) is 3.53. The summed E-state index contributed by atoms with van der Waals surface area (Å²) in [6, 6.07) is 5.78. The van der Waals surface area contributed by atoms with Gasteiger partial charge in [-0.2, -0.15) is 8.78 Å². The van der Waals surface area contributed by atoms with Crippen LogP contribution in [0, 0.1) is 31.9 Å². The van der Waals surface area contributed by atoms with E-state index < -0.39 is 44.7 Å². The van der Waals surface area contributed by atoms with Crippen molar-refractivity contribution in [3.05, 3.63) is 68.3 Å². The second kappa shape index (κ2) is 9.30. The summed E-state index contributed by atoms with van der Waals surface area (Å²) >= 11 is 0. The first-order chi connectivity index (χ1) is 13.7. The zero-order chi connectivity index (χ0) is 21.6. The Kier molecular flexibility index (Phi) is 6.85. The Morgan fingerprint density at radius 1 is 0.793 bits per heavy atom. The fourth-order valence-electron chi connectivity index (χ4n) is 2.32. The van der Waals surface area contributed by atoms with E-state index in [-0.39, 0.29) is 30.6 Å². The molecule has 0 unspecified atom stereocenters. The van der Waals surface area contributed by atoms with E-state index >= 15 is 0 Å². The van der Waals surface area contributed by atoms with Crippen molar-refractivity contribution >= 4 is 34.6 Å². The standard InChI is InChI=1S/C17H14F2N4O6/c18-12-6-4-10(8-14(12)22(26)27)20-16(24)2-1-3-17(25)21-11-5-7-13(19)15(9-11)23(28)29/h4-9H,1-3H2,(H,20,24)(H,21,25). The van der Waals surface area contributed by atoms with E-state index in [0.717, 1.165) is 36.4 Å². The van der Waals surface area contributed by atoms with E-state index in [4.69, 9.17) is 0 Å². The van der Waals surface area contributed by atoms with Crippen LogP contribution in [0.4, 0.5) is 31.5 Å². The zero-order valence-electron chi connectivity index (χ0n) is 14.7. The topological polar surface area (TPSA) is 144 Å². The van der Waals surface area contributed by atoms with Crippen molar-refractivity contribution in [3.63, 3.8) is 0 Å². The summed E-state index contributed by atoms with van der Waals surface area (Å²) in [7, 11) is 0. The van der Waals surface area contributed by atoms with Gasteiger partial charge in [-0.15, -0.1) is 0 Å². The van der Waals surface area contributed by atoms with Gasteiger partial charge in [0.2, 0.25) is 23.4 Å². The Labute approximate surface area is 161 Å². The van der Waals surface area contributed by atoms with Crippen molar-refractivity contribution in [2.45, 2.75) is 19.3 Å². The van der Waals surface area contributed by atoms with Crippen molar-refractivity contribution in [2.24, 2.45) is 0 Å². The highest BCUT2D eigenvalue weighted by molar-refractivity contribution is 5.93. The summed E-state index contributed by atoms with van der Waals surface area (Å²) in [5, 5.41) is 26.1. The number of nitrogens with one attached hydrogen (secondary N) is 2. The maximum absolute atomic E-state index is 13.3. The summed E-state index contributed by atoms with van der Waals surface area (Å²) < 4.78 is 26.5. The summed E-state index contributed by atoms with van der Waals surface area (Å²) in [6.07, 6.45) is -0.117. The van der Waals surface area contributed by atoms with Crippen molar-refractivity contribution < 1.29 is 28.2 Å². The SMILES string of the molecule is O=C(CCCC(=O)Nc1ccc(F)c([N+](=O)[O-])c1)Nc1ccc(F)c([N+](=O)[O-])c1. The molecule has 0 spiro atoms. The van der Waals surface area contributed by atoms with Crippen LogP contribution in [-0.2, 0) is 9.59 Å². The molecule has 0 saturated carbocycles. The van der Waals surface area contributed by atoms with Gasteiger partial charge in [-0.3, -0.25) is 29.8 Å². The van der Waals surface area contributed by atoms with Crippen LogP contribution in [0.3, 0.4) is 0 Å². The minimum atomic E-state index is -1.04. The third kappa shape index (κ3) is 6.02. The third-order valence-corrected chi connectivity index (χ3v) is 3.66. The van der Waals surface area contributed by atoms with Gasteiger partial charge >= 0.3 is 11.4 Å². The van der Waals surface area contributed by atoms with Crippen LogP contribution in [0.2, 0.25) is 0 Å². The molecule has 0 aliphatic rings. The molecule has 2 N–H and O–H groups in total. The Bertz CT molecular complexity index is 905. The first-order valence-corrected chi connectivity index (χ1v) is 8.15. The number of carbonyl (C=O) groups is 2. The van der Waals surface area contributed by atoms with Crippen LogP contribution in [0.25, 0.3) is 0 Å². The zero-order valence-corrected chi connectivity index (χ0v) is 14.7. The molecule has 10 nitrogen and oxygen atoms in total.